The number of anilines is 1. The second-order valence-corrected chi connectivity index (χ2v) is 4.43. The average Bonchev–Trinajstić information content (AvgIpc) is 2.65. The van der Waals surface area contributed by atoms with Crippen LogP contribution in [-0.2, 0) is 14.3 Å². The van der Waals surface area contributed by atoms with Gasteiger partial charge in [0, 0.05) is 11.1 Å². The van der Waals surface area contributed by atoms with Crippen LogP contribution in [-0.4, -0.2) is 36.8 Å². The van der Waals surface area contributed by atoms with Crippen LogP contribution in [0.1, 0.15) is 4.88 Å². The topological polar surface area (TPSA) is 60.5 Å². The fourth-order valence-electron chi connectivity index (χ4n) is 1.24. The molecule has 1 saturated heterocycles. The molecule has 1 aromatic rings. The van der Waals surface area contributed by atoms with Crippen molar-refractivity contribution in [3.63, 3.8) is 0 Å². The SMILES string of the molecule is Cc1cnc(NC(=O)C2COCCO2)s1. The third-order valence-electron chi connectivity index (χ3n) is 1.96. The molecular formula is C9H12N2O3S. The van der Waals surface area contributed by atoms with Crippen LogP contribution >= 0.6 is 11.3 Å². The molecular weight excluding hydrogens is 216 g/mol. The zero-order valence-corrected chi connectivity index (χ0v) is 9.17. The van der Waals surface area contributed by atoms with Crippen LogP contribution in [0.5, 0.6) is 0 Å². The first-order valence-corrected chi connectivity index (χ1v) is 5.50. The summed E-state index contributed by atoms with van der Waals surface area (Å²) in [5.41, 5.74) is 0. The van der Waals surface area contributed by atoms with Gasteiger partial charge in [-0.25, -0.2) is 4.98 Å². The largest absolute Gasteiger partial charge is 0.376 e. The van der Waals surface area contributed by atoms with Gasteiger partial charge in [0.15, 0.2) is 11.2 Å². The third-order valence-corrected chi connectivity index (χ3v) is 2.79. The number of nitrogens with one attached hydrogen (secondary N) is 1. The summed E-state index contributed by atoms with van der Waals surface area (Å²) in [7, 11) is 0. The van der Waals surface area contributed by atoms with Crippen LogP contribution in [0.3, 0.4) is 0 Å². The molecule has 2 heterocycles. The summed E-state index contributed by atoms with van der Waals surface area (Å²) in [5.74, 6) is -0.191. The van der Waals surface area contributed by atoms with Crippen LogP contribution in [0.2, 0.25) is 0 Å². The zero-order chi connectivity index (χ0) is 10.7. The molecule has 15 heavy (non-hydrogen) atoms. The Kier molecular flexibility index (Phi) is 3.30. The van der Waals surface area contributed by atoms with Crippen molar-refractivity contribution in [1.29, 1.82) is 0 Å². The summed E-state index contributed by atoms with van der Waals surface area (Å²) in [6.45, 7) is 3.28. The maximum atomic E-state index is 11.6. The lowest BCUT2D eigenvalue weighted by atomic mass is 10.3. The Hall–Kier alpha value is -0.980. The first-order valence-electron chi connectivity index (χ1n) is 4.68. The molecule has 1 fully saturated rings. The summed E-state index contributed by atoms with van der Waals surface area (Å²) in [4.78, 5) is 16.7. The zero-order valence-electron chi connectivity index (χ0n) is 8.36. The van der Waals surface area contributed by atoms with Gasteiger partial charge in [0.1, 0.15) is 0 Å². The molecule has 82 valence electrons. The highest BCUT2D eigenvalue weighted by molar-refractivity contribution is 7.15. The number of carbonyl (C=O) groups excluding carboxylic acids is 1. The van der Waals surface area contributed by atoms with Gasteiger partial charge >= 0.3 is 0 Å². The number of ether oxygens (including phenoxy) is 2. The van der Waals surface area contributed by atoms with Crippen LogP contribution in [0.4, 0.5) is 5.13 Å². The van der Waals surface area contributed by atoms with Crippen molar-refractivity contribution in [2.75, 3.05) is 25.1 Å². The van der Waals surface area contributed by atoms with E-state index in [0.29, 0.717) is 25.0 Å². The average molecular weight is 228 g/mol. The van der Waals surface area contributed by atoms with Crippen molar-refractivity contribution in [2.45, 2.75) is 13.0 Å². The van der Waals surface area contributed by atoms with E-state index in [1.54, 1.807) is 6.20 Å². The standard InChI is InChI=1S/C9H12N2O3S/c1-6-4-10-9(15-6)11-8(12)7-5-13-2-3-14-7/h4,7H,2-3,5H2,1H3,(H,10,11,12). The van der Waals surface area contributed by atoms with Gasteiger partial charge < -0.3 is 9.47 Å². The van der Waals surface area contributed by atoms with Gasteiger partial charge in [0.05, 0.1) is 19.8 Å². The minimum Gasteiger partial charge on any atom is -0.376 e. The first kappa shape index (κ1) is 10.5. The van der Waals surface area contributed by atoms with E-state index in [-0.39, 0.29) is 5.91 Å². The predicted octanol–water partition coefficient (Wildman–Crippen LogP) is 0.805. The highest BCUT2D eigenvalue weighted by atomic mass is 32.1. The number of nitrogens with zero attached hydrogens (tertiary/aromatic N) is 1. The van der Waals surface area contributed by atoms with Crippen molar-refractivity contribution >= 4 is 22.4 Å². The lowest BCUT2D eigenvalue weighted by molar-refractivity contribution is -0.142. The van der Waals surface area contributed by atoms with E-state index in [1.807, 2.05) is 6.92 Å². The van der Waals surface area contributed by atoms with E-state index in [2.05, 4.69) is 10.3 Å². The number of hydrogen-bond acceptors (Lipinski definition) is 5. The number of hydrogen-bond donors (Lipinski definition) is 1. The van der Waals surface area contributed by atoms with E-state index in [9.17, 15) is 4.79 Å². The maximum absolute atomic E-state index is 11.6. The van der Waals surface area contributed by atoms with Gasteiger partial charge in [-0.3, -0.25) is 10.1 Å². The summed E-state index contributed by atoms with van der Waals surface area (Å²) < 4.78 is 10.4. The second-order valence-electron chi connectivity index (χ2n) is 3.20. The molecule has 0 saturated carbocycles. The second kappa shape index (κ2) is 4.69. The molecule has 1 atom stereocenters. The number of thiazole rings is 1. The summed E-state index contributed by atoms with van der Waals surface area (Å²) in [6, 6.07) is 0. The lowest BCUT2D eigenvalue weighted by Gasteiger charge is -2.21. The van der Waals surface area contributed by atoms with Crippen molar-refractivity contribution in [3.8, 4) is 0 Å². The van der Waals surface area contributed by atoms with Gasteiger partial charge in [-0.2, -0.15) is 0 Å². The Balaban J connectivity index is 1.91. The number of aromatic nitrogens is 1. The monoisotopic (exact) mass is 228 g/mol. The summed E-state index contributed by atoms with van der Waals surface area (Å²) in [6.07, 6.45) is 1.21. The molecule has 0 spiro atoms. The van der Waals surface area contributed by atoms with Crippen LogP contribution in [0.15, 0.2) is 6.20 Å². The van der Waals surface area contributed by atoms with Crippen molar-refractivity contribution in [1.82, 2.24) is 4.98 Å². The molecule has 1 unspecified atom stereocenters. The van der Waals surface area contributed by atoms with Crippen molar-refractivity contribution in [3.05, 3.63) is 11.1 Å². The fourth-order valence-corrected chi connectivity index (χ4v) is 1.90. The number of rotatable bonds is 2. The van der Waals surface area contributed by atoms with Crippen molar-refractivity contribution < 1.29 is 14.3 Å². The fraction of sp³-hybridized carbons (Fsp3) is 0.556. The molecule has 0 radical (unpaired) electrons. The maximum Gasteiger partial charge on any atom is 0.257 e. The molecule has 1 amide bonds. The minimum absolute atomic E-state index is 0.191. The van der Waals surface area contributed by atoms with Gasteiger partial charge in [-0.05, 0) is 6.92 Å². The van der Waals surface area contributed by atoms with Crippen LogP contribution < -0.4 is 5.32 Å². The number of amides is 1. The molecule has 6 heteroatoms. The predicted molar refractivity (Wildman–Crippen MR) is 56.0 cm³/mol. The Morgan fingerprint density at radius 1 is 1.67 bits per heavy atom. The Morgan fingerprint density at radius 2 is 2.53 bits per heavy atom. The summed E-state index contributed by atoms with van der Waals surface area (Å²) in [5, 5.41) is 3.30. The molecule has 1 N–H and O–H groups in total. The number of carbonyl (C=O) groups is 1. The lowest BCUT2D eigenvalue weighted by Crippen LogP contribution is -2.39. The third kappa shape index (κ3) is 2.74. The molecule has 5 nitrogen and oxygen atoms in total. The van der Waals surface area contributed by atoms with Gasteiger partial charge in [-0.15, -0.1) is 11.3 Å². The van der Waals surface area contributed by atoms with Gasteiger partial charge in [0.2, 0.25) is 0 Å². The normalized spacial score (nSPS) is 21.3. The molecule has 0 aromatic carbocycles. The van der Waals surface area contributed by atoms with Gasteiger partial charge in [0.25, 0.3) is 5.91 Å². The molecule has 1 aromatic heterocycles. The Labute approximate surface area is 91.4 Å². The van der Waals surface area contributed by atoms with Gasteiger partial charge in [-0.1, -0.05) is 0 Å². The minimum atomic E-state index is -0.511. The molecule has 0 bridgehead atoms. The molecule has 1 aliphatic rings. The first-order chi connectivity index (χ1) is 7.25. The Morgan fingerprint density at radius 3 is 3.13 bits per heavy atom. The van der Waals surface area contributed by atoms with Crippen LogP contribution in [0.25, 0.3) is 0 Å². The van der Waals surface area contributed by atoms with Crippen LogP contribution in [0, 0.1) is 6.92 Å². The molecule has 1 aliphatic heterocycles. The smallest absolute Gasteiger partial charge is 0.257 e. The van der Waals surface area contributed by atoms with E-state index in [1.165, 1.54) is 11.3 Å². The highest BCUT2D eigenvalue weighted by Gasteiger charge is 2.23. The van der Waals surface area contributed by atoms with E-state index < -0.39 is 6.10 Å². The molecule has 2 rings (SSSR count). The Bertz CT molecular complexity index is 347. The van der Waals surface area contributed by atoms with E-state index in [0.717, 1.165) is 4.88 Å². The van der Waals surface area contributed by atoms with Crippen molar-refractivity contribution in [2.24, 2.45) is 0 Å². The quantitative estimate of drug-likeness (QED) is 0.813. The number of aryl methyl sites for hydroxylation is 1. The summed E-state index contributed by atoms with van der Waals surface area (Å²) >= 11 is 1.44. The molecule has 0 aliphatic carbocycles. The van der Waals surface area contributed by atoms with E-state index >= 15 is 0 Å². The highest BCUT2D eigenvalue weighted by Crippen LogP contribution is 2.17. The van der Waals surface area contributed by atoms with E-state index in [4.69, 9.17) is 9.47 Å².